The van der Waals surface area contributed by atoms with Crippen LogP contribution in [0, 0.1) is 6.92 Å². The van der Waals surface area contributed by atoms with Gasteiger partial charge in [0.25, 0.3) is 10.0 Å². The first-order valence-corrected chi connectivity index (χ1v) is 6.95. The maximum absolute atomic E-state index is 11.7. The molecule has 3 N–H and O–H groups in total. The van der Waals surface area contributed by atoms with Gasteiger partial charge in [0.15, 0.2) is 4.21 Å². The quantitative estimate of drug-likeness (QED) is 0.650. The second-order valence-electron chi connectivity index (χ2n) is 3.22. The Bertz CT molecular complexity index is 496. The van der Waals surface area contributed by atoms with E-state index in [1.807, 2.05) is 4.72 Å². The summed E-state index contributed by atoms with van der Waals surface area (Å²) in [6.45, 7) is 1.23. The number of aliphatic hydroxyl groups is 1. The molecule has 0 bridgehead atoms. The molecule has 9 heteroatoms. The molecular weight excluding hydrogens is 268 g/mol. The summed E-state index contributed by atoms with van der Waals surface area (Å²) in [7, 11) is -3.89. The molecule has 0 aromatic carbocycles. The number of aromatic nitrogens is 1. The van der Waals surface area contributed by atoms with Crippen LogP contribution in [-0.4, -0.2) is 42.2 Å². The molecule has 0 aliphatic rings. The summed E-state index contributed by atoms with van der Waals surface area (Å²) >= 11 is 0.949. The highest BCUT2D eigenvalue weighted by Gasteiger charge is 2.26. The molecule has 1 aromatic rings. The molecule has 1 rings (SSSR count). The molecule has 0 saturated heterocycles. The Labute approximate surface area is 102 Å². The molecule has 0 saturated carbocycles. The van der Waals surface area contributed by atoms with Crippen LogP contribution in [0.1, 0.15) is 11.4 Å². The Kier molecular flexibility index (Phi) is 4.57. The van der Waals surface area contributed by atoms with Gasteiger partial charge in [0.2, 0.25) is 0 Å². The van der Waals surface area contributed by atoms with Crippen LogP contribution in [0.15, 0.2) is 10.4 Å². The molecule has 0 fully saturated rings. The number of aliphatic carboxylic acids is 1. The van der Waals surface area contributed by atoms with E-state index in [1.165, 1.54) is 6.20 Å². The standard InChI is InChI=1S/C8H12N2O5S2/c1-5-9-4-7(16-5)17(14,15)10-6(2-3-11)8(12)13/h4,6,10-11H,2-3H2,1H3,(H,12,13). The van der Waals surface area contributed by atoms with Gasteiger partial charge in [-0.3, -0.25) is 4.79 Å². The first kappa shape index (κ1) is 14.0. The summed E-state index contributed by atoms with van der Waals surface area (Å²) < 4.78 is 25.5. The van der Waals surface area contributed by atoms with E-state index in [0.717, 1.165) is 11.3 Å². The van der Waals surface area contributed by atoms with Gasteiger partial charge in [0.1, 0.15) is 6.04 Å². The van der Waals surface area contributed by atoms with Gasteiger partial charge in [-0.05, 0) is 13.3 Å². The summed E-state index contributed by atoms with van der Waals surface area (Å²) in [5.74, 6) is -1.33. The van der Waals surface area contributed by atoms with Gasteiger partial charge in [-0.1, -0.05) is 0 Å². The highest BCUT2D eigenvalue weighted by Crippen LogP contribution is 2.18. The lowest BCUT2D eigenvalue weighted by Crippen LogP contribution is -2.41. The van der Waals surface area contributed by atoms with Crippen LogP contribution < -0.4 is 4.72 Å². The maximum Gasteiger partial charge on any atom is 0.321 e. The number of aryl methyl sites for hydroxylation is 1. The van der Waals surface area contributed by atoms with Gasteiger partial charge in [0.05, 0.1) is 11.2 Å². The number of hydrogen-bond donors (Lipinski definition) is 3. The van der Waals surface area contributed by atoms with Crippen molar-refractivity contribution in [3.8, 4) is 0 Å². The smallest absolute Gasteiger partial charge is 0.321 e. The molecule has 1 aromatic heterocycles. The van der Waals surface area contributed by atoms with Crippen molar-refractivity contribution in [3.63, 3.8) is 0 Å². The van der Waals surface area contributed by atoms with Crippen LogP contribution >= 0.6 is 11.3 Å². The molecule has 1 unspecified atom stereocenters. The van der Waals surface area contributed by atoms with Gasteiger partial charge in [-0.2, -0.15) is 4.72 Å². The number of hydrogen-bond acceptors (Lipinski definition) is 6. The Balaban J connectivity index is 2.88. The SMILES string of the molecule is Cc1ncc(S(=O)(=O)NC(CCO)C(=O)O)s1. The molecule has 0 aliphatic carbocycles. The minimum Gasteiger partial charge on any atom is -0.480 e. The van der Waals surface area contributed by atoms with Crippen molar-refractivity contribution >= 4 is 27.3 Å². The van der Waals surface area contributed by atoms with Crippen LogP contribution in [0.2, 0.25) is 0 Å². The number of thiazole rings is 1. The van der Waals surface area contributed by atoms with E-state index in [9.17, 15) is 13.2 Å². The summed E-state index contributed by atoms with van der Waals surface area (Å²) in [5, 5.41) is 18.0. The minimum absolute atomic E-state index is 0.0424. The van der Waals surface area contributed by atoms with Gasteiger partial charge < -0.3 is 10.2 Å². The van der Waals surface area contributed by atoms with Crippen LogP contribution in [-0.2, 0) is 14.8 Å². The summed E-state index contributed by atoms with van der Waals surface area (Å²) in [5.41, 5.74) is 0. The number of nitrogens with one attached hydrogen (secondary N) is 1. The maximum atomic E-state index is 11.7. The lowest BCUT2D eigenvalue weighted by atomic mass is 10.2. The third kappa shape index (κ3) is 3.73. The zero-order valence-electron chi connectivity index (χ0n) is 8.95. The molecule has 7 nitrogen and oxygen atoms in total. The highest BCUT2D eigenvalue weighted by atomic mass is 32.2. The number of nitrogens with zero attached hydrogens (tertiary/aromatic N) is 1. The Morgan fingerprint density at radius 2 is 2.29 bits per heavy atom. The summed E-state index contributed by atoms with van der Waals surface area (Å²) in [6.07, 6.45) is 0.979. The molecule has 0 aliphatic heterocycles. The molecule has 1 atom stereocenters. The predicted octanol–water partition coefficient (Wildman–Crippen LogP) is -0.435. The van der Waals surface area contributed by atoms with E-state index >= 15 is 0 Å². The van der Waals surface area contributed by atoms with Crippen molar-refractivity contribution in [1.82, 2.24) is 9.71 Å². The van der Waals surface area contributed by atoms with Crippen LogP contribution in [0.5, 0.6) is 0 Å². The Hall–Kier alpha value is -1.03. The van der Waals surface area contributed by atoms with Crippen molar-refractivity contribution in [2.75, 3.05) is 6.61 Å². The monoisotopic (exact) mass is 280 g/mol. The predicted molar refractivity (Wildman–Crippen MR) is 60.3 cm³/mol. The second kappa shape index (κ2) is 5.54. The number of sulfonamides is 1. The second-order valence-corrected chi connectivity index (χ2v) is 6.40. The van der Waals surface area contributed by atoms with Crippen LogP contribution in [0.25, 0.3) is 0 Å². The Morgan fingerprint density at radius 1 is 1.65 bits per heavy atom. The van der Waals surface area contributed by atoms with E-state index in [1.54, 1.807) is 6.92 Å². The lowest BCUT2D eigenvalue weighted by molar-refractivity contribution is -0.139. The van der Waals surface area contributed by atoms with Crippen molar-refractivity contribution in [2.45, 2.75) is 23.6 Å². The number of aliphatic hydroxyl groups excluding tert-OH is 1. The zero-order chi connectivity index (χ0) is 13.1. The number of rotatable bonds is 6. The minimum atomic E-state index is -3.89. The zero-order valence-corrected chi connectivity index (χ0v) is 10.6. The van der Waals surface area contributed by atoms with Crippen molar-refractivity contribution in [1.29, 1.82) is 0 Å². The fourth-order valence-electron chi connectivity index (χ4n) is 1.07. The molecule has 1 heterocycles. The molecule has 17 heavy (non-hydrogen) atoms. The third-order valence-electron chi connectivity index (χ3n) is 1.88. The molecular formula is C8H12N2O5S2. The topological polar surface area (TPSA) is 117 Å². The van der Waals surface area contributed by atoms with Crippen LogP contribution in [0.3, 0.4) is 0 Å². The van der Waals surface area contributed by atoms with E-state index in [2.05, 4.69) is 4.98 Å². The fourth-order valence-corrected chi connectivity index (χ4v) is 3.42. The van der Waals surface area contributed by atoms with E-state index in [-0.39, 0.29) is 10.6 Å². The molecule has 0 amide bonds. The summed E-state index contributed by atoms with van der Waals surface area (Å²) in [6, 6.07) is -1.34. The van der Waals surface area contributed by atoms with E-state index in [4.69, 9.17) is 10.2 Å². The molecule has 0 radical (unpaired) electrons. The largest absolute Gasteiger partial charge is 0.480 e. The normalized spacial score (nSPS) is 13.5. The molecule has 96 valence electrons. The van der Waals surface area contributed by atoms with E-state index < -0.39 is 28.6 Å². The number of carboxylic acid groups (broad SMARTS) is 1. The third-order valence-corrected chi connectivity index (χ3v) is 4.72. The van der Waals surface area contributed by atoms with Gasteiger partial charge >= 0.3 is 5.97 Å². The average Bonchev–Trinajstić information content (AvgIpc) is 2.64. The fraction of sp³-hybridized carbons (Fsp3) is 0.500. The lowest BCUT2D eigenvalue weighted by Gasteiger charge is -2.12. The van der Waals surface area contributed by atoms with Gasteiger partial charge in [-0.15, -0.1) is 11.3 Å². The van der Waals surface area contributed by atoms with Crippen molar-refractivity contribution in [2.24, 2.45) is 0 Å². The average molecular weight is 280 g/mol. The first-order chi connectivity index (χ1) is 7.86. The van der Waals surface area contributed by atoms with Crippen LogP contribution in [0.4, 0.5) is 0 Å². The van der Waals surface area contributed by atoms with E-state index in [0.29, 0.717) is 5.01 Å². The van der Waals surface area contributed by atoms with Gasteiger partial charge in [-0.25, -0.2) is 13.4 Å². The summed E-state index contributed by atoms with van der Waals surface area (Å²) in [4.78, 5) is 14.5. The first-order valence-electron chi connectivity index (χ1n) is 4.65. The molecule has 0 spiro atoms. The Morgan fingerprint density at radius 3 is 2.71 bits per heavy atom. The van der Waals surface area contributed by atoms with Crippen molar-refractivity contribution in [3.05, 3.63) is 11.2 Å². The number of carbonyl (C=O) groups is 1. The van der Waals surface area contributed by atoms with Crippen molar-refractivity contribution < 1.29 is 23.4 Å². The number of carboxylic acids is 1. The highest BCUT2D eigenvalue weighted by molar-refractivity contribution is 7.91. The van der Waals surface area contributed by atoms with Gasteiger partial charge in [0, 0.05) is 6.61 Å².